The Morgan fingerprint density at radius 1 is 1.16 bits per heavy atom. The lowest BCUT2D eigenvalue weighted by atomic mass is 9.90. The Bertz CT molecular complexity index is 716. The van der Waals surface area contributed by atoms with Gasteiger partial charge in [0, 0.05) is 37.2 Å². The van der Waals surface area contributed by atoms with E-state index >= 15 is 0 Å². The smallest absolute Gasteiger partial charge is 0.225 e. The van der Waals surface area contributed by atoms with E-state index in [2.05, 4.69) is 47.7 Å². The molecule has 1 aromatic carbocycles. The van der Waals surface area contributed by atoms with Crippen LogP contribution in [-0.4, -0.2) is 55.5 Å². The molecule has 1 amide bonds. The fraction of sp³-hybridized carbons (Fsp3) is 0.667. The van der Waals surface area contributed by atoms with Crippen LogP contribution in [0.4, 0.5) is 5.69 Å². The van der Waals surface area contributed by atoms with Crippen molar-refractivity contribution in [3.63, 3.8) is 0 Å². The van der Waals surface area contributed by atoms with Crippen molar-refractivity contribution in [1.29, 1.82) is 0 Å². The topological polar surface area (TPSA) is 68.8 Å². The number of carbonyl (C=O) groups excluding carboxylic acids is 1. The molecular formula is C24H40IN5O. The van der Waals surface area contributed by atoms with Crippen molar-refractivity contribution in [2.45, 2.75) is 64.8 Å². The summed E-state index contributed by atoms with van der Waals surface area (Å²) in [7, 11) is 0. The fourth-order valence-corrected chi connectivity index (χ4v) is 4.61. The monoisotopic (exact) mass is 541 g/mol. The summed E-state index contributed by atoms with van der Waals surface area (Å²) in [5.74, 6) is 1.67. The summed E-state index contributed by atoms with van der Waals surface area (Å²) in [5, 5.41) is 9.87. The average molecular weight is 542 g/mol. The van der Waals surface area contributed by atoms with Crippen LogP contribution in [0, 0.1) is 5.92 Å². The number of para-hydroxylation sites is 1. The second-order valence-electron chi connectivity index (χ2n) is 8.90. The molecule has 2 heterocycles. The van der Waals surface area contributed by atoms with Gasteiger partial charge in [-0.05, 0) is 50.4 Å². The zero-order valence-electron chi connectivity index (χ0n) is 19.3. The molecule has 2 aliphatic rings. The second-order valence-corrected chi connectivity index (χ2v) is 8.90. The Hall–Kier alpha value is -1.35. The lowest BCUT2D eigenvalue weighted by Gasteiger charge is -2.32. The minimum Gasteiger partial charge on any atom is -0.357 e. The molecule has 7 heteroatoms. The SMILES string of the molecule is CCNC(=NCC(C(C)C)N1CCCCCC1)NCC1CC(=O)Nc2ccccc21.I. The van der Waals surface area contributed by atoms with E-state index in [4.69, 9.17) is 4.99 Å². The molecule has 0 saturated carbocycles. The summed E-state index contributed by atoms with van der Waals surface area (Å²) in [6, 6.07) is 8.57. The fourth-order valence-electron chi connectivity index (χ4n) is 4.61. The van der Waals surface area contributed by atoms with Gasteiger partial charge in [-0.25, -0.2) is 0 Å². The molecule has 1 fully saturated rings. The third kappa shape index (κ3) is 7.63. The van der Waals surface area contributed by atoms with Crippen LogP contribution in [0.1, 0.15) is 64.4 Å². The van der Waals surface area contributed by atoms with E-state index in [1.165, 1.54) is 44.3 Å². The van der Waals surface area contributed by atoms with E-state index in [1.807, 2.05) is 18.2 Å². The molecule has 0 bridgehead atoms. The van der Waals surface area contributed by atoms with Crippen molar-refractivity contribution in [3.05, 3.63) is 29.8 Å². The highest BCUT2D eigenvalue weighted by atomic mass is 127. The Balaban J connectivity index is 0.00000341. The highest BCUT2D eigenvalue weighted by molar-refractivity contribution is 14.0. The van der Waals surface area contributed by atoms with Crippen LogP contribution in [0.2, 0.25) is 0 Å². The van der Waals surface area contributed by atoms with Crippen LogP contribution in [-0.2, 0) is 4.79 Å². The third-order valence-corrected chi connectivity index (χ3v) is 6.28. The second kappa shape index (κ2) is 13.3. The number of carbonyl (C=O) groups is 1. The van der Waals surface area contributed by atoms with E-state index in [0.29, 0.717) is 24.9 Å². The molecule has 174 valence electrons. The van der Waals surface area contributed by atoms with E-state index in [1.54, 1.807) is 0 Å². The van der Waals surface area contributed by atoms with Crippen LogP contribution >= 0.6 is 24.0 Å². The number of rotatable bonds is 7. The van der Waals surface area contributed by atoms with E-state index < -0.39 is 0 Å². The molecule has 2 aliphatic heterocycles. The number of benzene rings is 1. The number of nitrogens with one attached hydrogen (secondary N) is 3. The zero-order chi connectivity index (χ0) is 21.3. The number of aliphatic imine (C=N–C) groups is 1. The summed E-state index contributed by atoms with van der Waals surface area (Å²) in [6.45, 7) is 11.4. The van der Waals surface area contributed by atoms with Crippen LogP contribution < -0.4 is 16.0 Å². The molecule has 1 aromatic rings. The molecule has 1 saturated heterocycles. The van der Waals surface area contributed by atoms with Crippen molar-refractivity contribution >= 4 is 41.5 Å². The molecule has 2 atom stereocenters. The maximum Gasteiger partial charge on any atom is 0.225 e. The first kappa shape index (κ1) is 25.9. The lowest BCUT2D eigenvalue weighted by molar-refractivity contribution is -0.116. The third-order valence-electron chi connectivity index (χ3n) is 6.28. The molecule has 2 unspecified atom stereocenters. The first-order chi connectivity index (χ1) is 14.6. The number of anilines is 1. The normalized spacial score (nSPS) is 20.8. The quantitative estimate of drug-likeness (QED) is 0.275. The van der Waals surface area contributed by atoms with Gasteiger partial charge in [0.2, 0.25) is 5.91 Å². The molecule has 3 rings (SSSR count). The molecule has 0 radical (unpaired) electrons. The highest BCUT2D eigenvalue weighted by Gasteiger charge is 2.25. The Morgan fingerprint density at radius 3 is 2.55 bits per heavy atom. The first-order valence-corrected chi connectivity index (χ1v) is 11.7. The number of hydrogen-bond acceptors (Lipinski definition) is 3. The predicted octanol–water partition coefficient (Wildman–Crippen LogP) is 4.19. The van der Waals surface area contributed by atoms with Crippen molar-refractivity contribution in [2.75, 3.05) is 38.0 Å². The minimum atomic E-state index is 0. The highest BCUT2D eigenvalue weighted by Crippen LogP contribution is 2.31. The van der Waals surface area contributed by atoms with Gasteiger partial charge >= 0.3 is 0 Å². The Morgan fingerprint density at radius 2 is 1.87 bits per heavy atom. The van der Waals surface area contributed by atoms with Crippen molar-refractivity contribution in [2.24, 2.45) is 10.9 Å². The van der Waals surface area contributed by atoms with Gasteiger partial charge in [0.1, 0.15) is 0 Å². The maximum absolute atomic E-state index is 12.1. The predicted molar refractivity (Wildman–Crippen MR) is 140 cm³/mol. The number of halogens is 1. The summed E-state index contributed by atoms with van der Waals surface area (Å²) in [4.78, 5) is 19.7. The number of amides is 1. The maximum atomic E-state index is 12.1. The standard InChI is InChI=1S/C24H39N5O.HI/c1-4-25-24(27-17-22(18(2)3)29-13-9-5-6-10-14-29)26-16-19-15-23(30)28-21-12-8-7-11-20(19)21;/h7-8,11-12,18-19,22H,4-6,9-10,13-17H2,1-3H3,(H,28,30)(H2,25,26,27);1H. The molecule has 6 nitrogen and oxygen atoms in total. The molecular weight excluding hydrogens is 501 g/mol. The number of hydrogen-bond donors (Lipinski definition) is 3. The Labute approximate surface area is 205 Å². The van der Waals surface area contributed by atoms with Crippen LogP contribution in [0.15, 0.2) is 29.3 Å². The summed E-state index contributed by atoms with van der Waals surface area (Å²) in [5.41, 5.74) is 2.13. The van der Waals surface area contributed by atoms with Gasteiger partial charge in [0.25, 0.3) is 0 Å². The van der Waals surface area contributed by atoms with Gasteiger partial charge in [0.15, 0.2) is 5.96 Å². The van der Waals surface area contributed by atoms with Gasteiger partial charge in [-0.15, -0.1) is 24.0 Å². The van der Waals surface area contributed by atoms with Crippen molar-refractivity contribution < 1.29 is 4.79 Å². The van der Waals surface area contributed by atoms with Crippen molar-refractivity contribution in [3.8, 4) is 0 Å². The molecule has 0 spiro atoms. The molecule has 0 aromatic heterocycles. The van der Waals surface area contributed by atoms with Crippen LogP contribution in [0.3, 0.4) is 0 Å². The van der Waals surface area contributed by atoms with Gasteiger partial charge in [-0.1, -0.05) is 44.9 Å². The van der Waals surface area contributed by atoms with Crippen molar-refractivity contribution in [1.82, 2.24) is 15.5 Å². The minimum absolute atomic E-state index is 0. The molecule has 0 aliphatic carbocycles. The number of nitrogens with zero attached hydrogens (tertiary/aromatic N) is 2. The largest absolute Gasteiger partial charge is 0.357 e. The summed E-state index contributed by atoms with van der Waals surface area (Å²) < 4.78 is 0. The van der Waals surface area contributed by atoms with E-state index in [0.717, 1.165) is 24.7 Å². The summed E-state index contributed by atoms with van der Waals surface area (Å²) >= 11 is 0. The molecule has 31 heavy (non-hydrogen) atoms. The van der Waals surface area contributed by atoms with E-state index in [9.17, 15) is 4.79 Å². The van der Waals surface area contributed by atoms with Crippen LogP contribution in [0.25, 0.3) is 0 Å². The number of fused-ring (bicyclic) bond motifs is 1. The number of guanidine groups is 1. The first-order valence-electron chi connectivity index (χ1n) is 11.7. The van der Waals surface area contributed by atoms with Gasteiger partial charge in [0.05, 0.1) is 6.54 Å². The summed E-state index contributed by atoms with van der Waals surface area (Å²) in [6.07, 6.45) is 5.81. The van der Waals surface area contributed by atoms with Gasteiger partial charge in [-0.2, -0.15) is 0 Å². The lowest BCUT2D eigenvalue weighted by Crippen LogP contribution is -2.44. The van der Waals surface area contributed by atoms with Crippen LogP contribution in [0.5, 0.6) is 0 Å². The van der Waals surface area contributed by atoms with Gasteiger partial charge in [-0.3, -0.25) is 14.7 Å². The number of likely N-dealkylation sites (tertiary alicyclic amines) is 1. The molecule has 3 N–H and O–H groups in total. The zero-order valence-corrected chi connectivity index (χ0v) is 21.7. The van der Waals surface area contributed by atoms with Gasteiger partial charge < -0.3 is 16.0 Å². The Kier molecular flexibility index (Phi) is 11.1. The average Bonchev–Trinajstić information content (AvgIpc) is 3.01. The van der Waals surface area contributed by atoms with E-state index in [-0.39, 0.29) is 35.8 Å².